The van der Waals surface area contributed by atoms with E-state index in [1.54, 1.807) is 0 Å². The Kier molecular flexibility index (Phi) is 50.2. The van der Waals surface area contributed by atoms with Gasteiger partial charge in [0.1, 0.15) is 24.4 Å². The first kappa shape index (κ1) is 68.4. The molecule has 9 nitrogen and oxygen atoms in total. The Morgan fingerprint density at radius 3 is 1.21 bits per heavy atom. The Hall–Kier alpha value is -1.59. The molecule has 72 heavy (non-hydrogen) atoms. The Bertz CT molecular complexity index is 1230. The molecule has 1 rings (SSSR count). The smallest absolute Gasteiger partial charge is 0.220 e. The van der Waals surface area contributed by atoms with Crippen molar-refractivity contribution in [1.29, 1.82) is 0 Å². The lowest BCUT2D eigenvalue weighted by Crippen LogP contribution is -2.60. The molecule has 1 heterocycles. The number of amides is 1. The van der Waals surface area contributed by atoms with Gasteiger partial charge >= 0.3 is 0 Å². The van der Waals surface area contributed by atoms with Gasteiger partial charge in [-0.2, -0.15) is 0 Å². The first-order valence-corrected chi connectivity index (χ1v) is 31.2. The van der Waals surface area contributed by atoms with Gasteiger partial charge in [-0.1, -0.05) is 281 Å². The molecule has 1 amide bonds. The summed E-state index contributed by atoms with van der Waals surface area (Å²) in [6, 6.07) is -0.728. The van der Waals surface area contributed by atoms with E-state index >= 15 is 0 Å². The summed E-state index contributed by atoms with van der Waals surface area (Å²) in [7, 11) is 0. The SMILES string of the molecule is CCCCCCC/C=C\C/C=C\C/C=C\CCCCCCCCC(=O)NC(COC1OC(CO)C(O)C(O)C1O)C(O)CCCCCCCCCCCCCCCCCCCCCCCCCCCCCC. The first-order chi connectivity index (χ1) is 35.3. The number of aliphatic hydroxyl groups excluding tert-OH is 5. The summed E-state index contributed by atoms with van der Waals surface area (Å²) in [5, 5.41) is 54.8. The van der Waals surface area contributed by atoms with Crippen molar-refractivity contribution in [1.82, 2.24) is 5.32 Å². The van der Waals surface area contributed by atoms with Gasteiger partial charge in [0, 0.05) is 6.42 Å². The van der Waals surface area contributed by atoms with Gasteiger partial charge in [0.15, 0.2) is 6.29 Å². The summed E-state index contributed by atoms with van der Waals surface area (Å²) < 4.78 is 11.3. The lowest BCUT2D eigenvalue weighted by Gasteiger charge is -2.40. The van der Waals surface area contributed by atoms with E-state index in [-0.39, 0.29) is 12.5 Å². The van der Waals surface area contributed by atoms with Gasteiger partial charge in [-0.05, 0) is 51.4 Å². The predicted molar refractivity (Wildman–Crippen MR) is 304 cm³/mol. The molecule has 0 radical (unpaired) electrons. The molecule has 0 bridgehead atoms. The molecule has 0 spiro atoms. The monoisotopic (exact) mass is 1020 g/mol. The molecule has 1 aliphatic rings. The second kappa shape index (κ2) is 52.8. The highest BCUT2D eigenvalue weighted by molar-refractivity contribution is 5.76. The molecule has 0 aromatic carbocycles. The number of carbonyl (C=O) groups excluding carboxylic acids is 1. The molecule has 0 aromatic rings. The van der Waals surface area contributed by atoms with Crippen LogP contribution in [0.15, 0.2) is 36.5 Å². The lowest BCUT2D eigenvalue weighted by molar-refractivity contribution is -0.302. The van der Waals surface area contributed by atoms with Gasteiger partial charge in [0.25, 0.3) is 0 Å². The highest BCUT2D eigenvalue weighted by Crippen LogP contribution is 2.23. The van der Waals surface area contributed by atoms with Crippen molar-refractivity contribution in [3.63, 3.8) is 0 Å². The van der Waals surface area contributed by atoms with Crippen molar-refractivity contribution in [3.8, 4) is 0 Å². The largest absolute Gasteiger partial charge is 0.394 e. The minimum Gasteiger partial charge on any atom is -0.394 e. The van der Waals surface area contributed by atoms with E-state index in [4.69, 9.17) is 9.47 Å². The van der Waals surface area contributed by atoms with Crippen LogP contribution in [0.2, 0.25) is 0 Å². The number of rotatable bonds is 54. The average Bonchev–Trinajstić information content (AvgIpc) is 3.38. The molecule has 0 aromatic heterocycles. The zero-order valence-electron chi connectivity index (χ0n) is 47.2. The van der Waals surface area contributed by atoms with Crippen molar-refractivity contribution in [2.75, 3.05) is 13.2 Å². The molecular formula is C63H119NO8. The van der Waals surface area contributed by atoms with Gasteiger partial charge in [-0.15, -0.1) is 0 Å². The van der Waals surface area contributed by atoms with Crippen LogP contribution in [0.4, 0.5) is 0 Å². The van der Waals surface area contributed by atoms with E-state index in [0.717, 1.165) is 64.2 Å². The van der Waals surface area contributed by atoms with Crippen molar-refractivity contribution >= 4 is 5.91 Å². The summed E-state index contributed by atoms with van der Waals surface area (Å²) in [5.41, 5.74) is 0. The molecule has 1 saturated heterocycles. The fraction of sp³-hybridized carbons (Fsp3) is 0.889. The summed E-state index contributed by atoms with van der Waals surface area (Å²) in [5.74, 6) is -0.153. The second-order valence-electron chi connectivity index (χ2n) is 21.9. The molecule has 0 saturated carbocycles. The van der Waals surface area contributed by atoms with E-state index in [1.165, 1.54) is 212 Å². The van der Waals surface area contributed by atoms with Crippen LogP contribution in [0, 0.1) is 0 Å². The molecule has 0 aliphatic carbocycles. The molecule has 1 fully saturated rings. The van der Waals surface area contributed by atoms with Crippen LogP contribution >= 0.6 is 0 Å². The Balaban J connectivity index is 2.17. The maximum atomic E-state index is 13.1. The van der Waals surface area contributed by atoms with E-state index in [9.17, 15) is 30.3 Å². The third-order valence-electron chi connectivity index (χ3n) is 15.0. The average molecular weight is 1020 g/mol. The molecule has 7 atom stereocenters. The zero-order valence-corrected chi connectivity index (χ0v) is 47.2. The normalized spacial score (nSPS) is 19.3. The third-order valence-corrected chi connectivity index (χ3v) is 15.0. The molecule has 1 aliphatic heterocycles. The van der Waals surface area contributed by atoms with Crippen molar-refractivity contribution in [2.45, 2.75) is 346 Å². The highest BCUT2D eigenvalue weighted by Gasteiger charge is 2.44. The number of ether oxygens (including phenoxy) is 2. The summed E-state index contributed by atoms with van der Waals surface area (Å²) in [6.07, 6.45) is 61.8. The maximum Gasteiger partial charge on any atom is 0.220 e. The highest BCUT2D eigenvalue weighted by atomic mass is 16.7. The fourth-order valence-corrected chi connectivity index (χ4v) is 10.1. The van der Waals surface area contributed by atoms with Gasteiger partial charge in [0.05, 0.1) is 25.4 Å². The van der Waals surface area contributed by atoms with Crippen LogP contribution in [-0.2, 0) is 14.3 Å². The number of hydrogen-bond acceptors (Lipinski definition) is 8. The number of nitrogens with one attached hydrogen (secondary N) is 1. The van der Waals surface area contributed by atoms with Gasteiger partial charge in [-0.3, -0.25) is 4.79 Å². The van der Waals surface area contributed by atoms with Crippen LogP contribution in [0.25, 0.3) is 0 Å². The van der Waals surface area contributed by atoms with Crippen LogP contribution in [0.1, 0.15) is 303 Å². The quantitative estimate of drug-likeness (QED) is 0.0261. The molecule has 424 valence electrons. The number of aliphatic hydroxyl groups is 5. The minimum absolute atomic E-state index is 0.142. The standard InChI is InChI=1S/C63H119NO8/c1-3-5-7-9-11-13-15-17-19-21-23-25-26-27-28-29-30-31-33-34-36-38-40-42-44-46-48-50-52-57(66)56(55-71-63-62(70)61(69)60(68)58(54-65)72-63)64-59(67)53-51-49-47-45-43-41-39-37-35-32-24-22-20-18-16-14-12-10-8-6-4-2/h16,18,22,24,35,37,56-58,60-63,65-66,68-70H,3-15,17,19-21,23,25-34,36,38-55H2,1-2H3,(H,64,67)/b18-16-,24-22-,37-35-. The van der Waals surface area contributed by atoms with Crippen molar-refractivity contribution in [3.05, 3.63) is 36.5 Å². The summed E-state index contributed by atoms with van der Waals surface area (Å²) >= 11 is 0. The number of allylic oxidation sites excluding steroid dienone is 6. The van der Waals surface area contributed by atoms with Crippen LogP contribution < -0.4 is 5.32 Å². The van der Waals surface area contributed by atoms with E-state index < -0.39 is 49.5 Å². The Morgan fingerprint density at radius 2 is 0.819 bits per heavy atom. The first-order valence-electron chi connectivity index (χ1n) is 31.2. The predicted octanol–water partition coefficient (Wildman–Crippen LogP) is 15.9. The van der Waals surface area contributed by atoms with Crippen LogP contribution in [0.5, 0.6) is 0 Å². The maximum absolute atomic E-state index is 13.1. The topological polar surface area (TPSA) is 149 Å². The van der Waals surface area contributed by atoms with Crippen LogP contribution in [0.3, 0.4) is 0 Å². The van der Waals surface area contributed by atoms with E-state index in [0.29, 0.717) is 12.8 Å². The van der Waals surface area contributed by atoms with Crippen molar-refractivity contribution < 1.29 is 39.8 Å². The summed E-state index contributed by atoms with van der Waals surface area (Å²) in [6.45, 7) is 3.85. The number of unbranched alkanes of at least 4 members (excludes halogenated alkanes) is 38. The second-order valence-corrected chi connectivity index (χ2v) is 21.9. The number of carbonyl (C=O) groups is 1. The molecular weight excluding hydrogens is 899 g/mol. The third kappa shape index (κ3) is 41.6. The van der Waals surface area contributed by atoms with Gasteiger partial charge < -0.3 is 40.3 Å². The zero-order chi connectivity index (χ0) is 52.2. The number of hydrogen-bond donors (Lipinski definition) is 6. The molecule has 7 unspecified atom stereocenters. The van der Waals surface area contributed by atoms with Crippen LogP contribution in [-0.4, -0.2) is 87.5 Å². The fourth-order valence-electron chi connectivity index (χ4n) is 10.1. The van der Waals surface area contributed by atoms with E-state index in [1.807, 2.05) is 0 Å². The van der Waals surface area contributed by atoms with E-state index in [2.05, 4.69) is 55.6 Å². The van der Waals surface area contributed by atoms with Gasteiger partial charge in [0.2, 0.25) is 5.91 Å². The van der Waals surface area contributed by atoms with Gasteiger partial charge in [-0.25, -0.2) is 0 Å². The Morgan fingerprint density at radius 1 is 0.472 bits per heavy atom. The van der Waals surface area contributed by atoms with Crippen molar-refractivity contribution in [2.24, 2.45) is 0 Å². The summed E-state index contributed by atoms with van der Waals surface area (Å²) in [4.78, 5) is 13.1. The Labute approximate surface area is 444 Å². The molecule has 9 heteroatoms. The molecule has 6 N–H and O–H groups in total. The lowest BCUT2D eigenvalue weighted by atomic mass is 9.99. The minimum atomic E-state index is -1.56.